The fourth-order valence-corrected chi connectivity index (χ4v) is 2.98. The Morgan fingerprint density at radius 2 is 1.70 bits per heavy atom. The Morgan fingerprint density at radius 3 is 2.30 bits per heavy atom. The molecule has 6 heteroatoms. The van der Waals surface area contributed by atoms with E-state index in [1.54, 1.807) is 25.3 Å². The smallest absolute Gasteiger partial charge is 0.298 e. The SMILES string of the molecule is COc1ccc(/C=C2\SC(=O)N(c3ccc(O)cc3)C2=O)cc1. The van der Waals surface area contributed by atoms with E-state index in [0.717, 1.165) is 28.0 Å². The molecular weight excluding hydrogens is 314 g/mol. The number of anilines is 1. The molecule has 0 spiro atoms. The normalized spacial score (nSPS) is 16.2. The van der Waals surface area contributed by atoms with Crippen molar-refractivity contribution in [2.45, 2.75) is 0 Å². The van der Waals surface area contributed by atoms with E-state index >= 15 is 0 Å². The number of imide groups is 1. The van der Waals surface area contributed by atoms with Crippen LogP contribution in [0.15, 0.2) is 53.4 Å². The molecule has 116 valence electrons. The van der Waals surface area contributed by atoms with Gasteiger partial charge in [0, 0.05) is 0 Å². The van der Waals surface area contributed by atoms with Crippen LogP contribution in [-0.4, -0.2) is 23.4 Å². The monoisotopic (exact) mass is 327 g/mol. The summed E-state index contributed by atoms with van der Waals surface area (Å²) >= 11 is 0.890. The Balaban J connectivity index is 1.88. The molecule has 5 nitrogen and oxygen atoms in total. The van der Waals surface area contributed by atoms with Gasteiger partial charge in [-0.05, 0) is 59.8 Å². The van der Waals surface area contributed by atoms with E-state index < -0.39 is 0 Å². The predicted octanol–water partition coefficient (Wildman–Crippen LogP) is 3.64. The molecule has 1 aliphatic rings. The van der Waals surface area contributed by atoms with Crippen molar-refractivity contribution in [3.8, 4) is 11.5 Å². The van der Waals surface area contributed by atoms with Crippen molar-refractivity contribution in [3.63, 3.8) is 0 Å². The number of ether oxygens (including phenoxy) is 1. The third kappa shape index (κ3) is 3.07. The molecule has 0 atom stereocenters. The number of benzene rings is 2. The summed E-state index contributed by atoms with van der Waals surface area (Å²) in [6, 6.07) is 13.1. The molecule has 2 amide bonds. The van der Waals surface area contributed by atoms with Crippen LogP contribution in [0.1, 0.15) is 5.56 Å². The van der Waals surface area contributed by atoms with Gasteiger partial charge in [0.1, 0.15) is 11.5 Å². The summed E-state index contributed by atoms with van der Waals surface area (Å²) in [6.45, 7) is 0. The quantitative estimate of drug-likeness (QED) is 0.872. The molecule has 0 unspecified atom stereocenters. The second-order valence-corrected chi connectivity index (χ2v) is 5.80. The lowest BCUT2D eigenvalue weighted by atomic mass is 10.2. The third-order valence-corrected chi connectivity index (χ3v) is 4.18. The van der Waals surface area contributed by atoms with Crippen molar-refractivity contribution in [2.75, 3.05) is 12.0 Å². The average molecular weight is 327 g/mol. The summed E-state index contributed by atoms with van der Waals surface area (Å²) in [6.07, 6.45) is 1.67. The summed E-state index contributed by atoms with van der Waals surface area (Å²) in [5.74, 6) is 0.426. The Labute approximate surface area is 137 Å². The number of aromatic hydroxyl groups is 1. The molecule has 2 aromatic rings. The first kappa shape index (κ1) is 15.2. The van der Waals surface area contributed by atoms with Crippen molar-refractivity contribution in [3.05, 3.63) is 59.0 Å². The standard InChI is InChI=1S/C17H13NO4S/c1-22-14-8-2-11(3-9-14)10-15-16(20)18(17(21)23-15)12-4-6-13(19)7-5-12/h2-10,19H,1H3/b15-10-. The largest absolute Gasteiger partial charge is 0.508 e. The summed E-state index contributed by atoms with van der Waals surface area (Å²) in [7, 11) is 1.58. The highest BCUT2D eigenvalue weighted by atomic mass is 32.2. The highest BCUT2D eigenvalue weighted by molar-refractivity contribution is 8.19. The topological polar surface area (TPSA) is 66.8 Å². The molecule has 2 aromatic carbocycles. The Bertz CT molecular complexity index is 781. The number of amides is 2. The first-order valence-corrected chi connectivity index (χ1v) is 7.61. The Morgan fingerprint density at radius 1 is 1.04 bits per heavy atom. The van der Waals surface area contributed by atoms with Gasteiger partial charge in [-0.25, -0.2) is 4.90 Å². The minimum atomic E-state index is -0.374. The molecule has 0 aliphatic carbocycles. The lowest BCUT2D eigenvalue weighted by Gasteiger charge is -2.12. The second kappa shape index (κ2) is 6.18. The van der Waals surface area contributed by atoms with E-state index in [1.165, 1.54) is 24.3 Å². The fraction of sp³-hybridized carbons (Fsp3) is 0.0588. The minimum Gasteiger partial charge on any atom is -0.508 e. The molecule has 1 aliphatic heterocycles. The minimum absolute atomic E-state index is 0.0782. The molecule has 23 heavy (non-hydrogen) atoms. The number of carbonyl (C=O) groups is 2. The van der Waals surface area contributed by atoms with E-state index in [1.807, 2.05) is 12.1 Å². The number of phenolic OH excluding ortho intramolecular Hbond substituents is 1. The number of hydrogen-bond acceptors (Lipinski definition) is 5. The maximum Gasteiger partial charge on any atom is 0.298 e. The van der Waals surface area contributed by atoms with Crippen LogP contribution in [-0.2, 0) is 4.79 Å². The van der Waals surface area contributed by atoms with E-state index in [2.05, 4.69) is 0 Å². The highest BCUT2D eigenvalue weighted by Gasteiger charge is 2.36. The molecule has 0 bridgehead atoms. The van der Waals surface area contributed by atoms with Crippen LogP contribution in [0, 0.1) is 0 Å². The zero-order chi connectivity index (χ0) is 16.4. The summed E-state index contributed by atoms with van der Waals surface area (Å²) in [4.78, 5) is 26.0. The number of hydrogen-bond donors (Lipinski definition) is 1. The van der Waals surface area contributed by atoms with Crippen LogP contribution in [0.3, 0.4) is 0 Å². The molecule has 1 heterocycles. The van der Waals surface area contributed by atoms with Crippen LogP contribution >= 0.6 is 11.8 Å². The Kier molecular flexibility index (Phi) is 4.08. The van der Waals surface area contributed by atoms with Gasteiger partial charge in [-0.2, -0.15) is 0 Å². The zero-order valence-electron chi connectivity index (χ0n) is 12.2. The van der Waals surface area contributed by atoms with Gasteiger partial charge in [0.05, 0.1) is 17.7 Å². The van der Waals surface area contributed by atoms with Gasteiger partial charge in [0.25, 0.3) is 11.1 Å². The lowest BCUT2D eigenvalue weighted by Crippen LogP contribution is -2.27. The molecule has 0 aromatic heterocycles. The van der Waals surface area contributed by atoms with Gasteiger partial charge in [-0.1, -0.05) is 12.1 Å². The molecule has 3 rings (SSSR count). The maximum absolute atomic E-state index is 12.5. The zero-order valence-corrected chi connectivity index (χ0v) is 13.0. The second-order valence-electron chi connectivity index (χ2n) is 4.81. The van der Waals surface area contributed by atoms with Crippen LogP contribution in [0.4, 0.5) is 10.5 Å². The number of rotatable bonds is 3. The first-order chi connectivity index (χ1) is 11.1. The van der Waals surface area contributed by atoms with Gasteiger partial charge in [-0.15, -0.1) is 0 Å². The van der Waals surface area contributed by atoms with Gasteiger partial charge in [0.15, 0.2) is 0 Å². The maximum atomic E-state index is 12.5. The fourth-order valence-electron chi connectivity index (χ4n) is 2.14. The van der Waals surface area contributed by atoms with Crippen molar-refractivity contribution in [2.24, 2.45) is 0 Å². The summed E-state index contributed by atoms with van der Waals surface area (Å²) < 4.78 is 5.09. The average Bonchev–Trinajstić information content (AvgIpc) is 2.83. The molecule has 1 N–H and O–H groups in total. The number of thioether (sulfide) groups is 1. The van der Waals surface area contributed by atoms with E-state index in [-0.39, 0.29) is 16.9 Å². The van der Waals surface area contributed by atoms with E-state index in [0.29, 0.717) is 10.6 Å². The first-order valence-electron chi connectivity index (χ1n) is 6.79. The highest BCUT2D eigenvalue weighted by Crippen LogP contribution is 2.36. The van der Waals surface area contributed by atoms with Crippen molar-refractivity contribution in [1.82, 2.24) is 0 Å². The van der Waals surface area contributed by atoms with Crippen LogP contribution in [0.5, 0.6) is 11.5 Å². The van der Waals surface area contributed by atoms with Crippen LogP contribution in [0.25, 0.3) is 6.08 Å². The molecule has 1 saturated heterocycles. The number of nitrogens with zero attached hydrogens (tertiary/aromatic N) is 1. The van der Waals surface area contributed by atoms with Gasteiger partial charge < -0.3 is 9.84 Å². The third-order valence-electron chi connectivity index (χ3n) is 3.32. The van der Waals surface area contributed by atoms with Crippen LogP contribution < -0.4 is 9.64 Å². The van der Waals surface area contributed by atoms with Gasteiger partial charge in [-0.3, -0.25) is 9.59 Å². The lowest BCUT2D eigenvalue weighted by molar-refractivity contribution is -0.113. The molecular formula is C17H13NO4S. The molecule has 0 saturated carbocycles. The number of methoxy groups -OCH3 is 1. The number of carbonyl (C=O) groups excluding carboxylic acids is 2. The van der Waals surface area contributed by atoms with E-state index in [9.17, 15) is 14.7 Å². The number of phenols is 1. The molecule has 0 radical (unpaired) electrons. The summed E-state index contributed by atoms with van der Waals surface area (Å²) in [5.41, 5.74) is 1.24. The van der Waals surface area contributed by atoms with E-state index in [4.69, 9.17) is 4.74 Å². The van der Waals surface area contributed by atoms with Gasteiger partial charge in [0.2, 0.25) is 0 Å². The van der Waals surface area contributed by atoms with Crippen molar-refractivity contribution in [1.29, 1.82) is 0 Å². The predicted molar refractivity (Wildman–Crippen MR) is 89.6 cm³/mol. The Hall–Kier alpha value is -2.73. The van der Waals surface area contributed by atoms with Crippen LogP contribution in [0.2, 0.25) is 0 Å². The van der Waals surface area contributed by atoms with Crippen molar-refractivity contribution >= 4 is 34.7 Å². The van der Waals surface area contributed by atoms with Crippen molar-refractivity contribution < 1.29 is 19.4 Å². The van der Waals surface area contributed by atoms with Gasteiger partial charge >= 0.3 is 0 Å². The molecule has 1 fully saturated rings. The summed E-state index contributed by atoms with van der Waals surface area (Å²) in [5, 5.41) is 8.94.